The Labute approximate surface area is 155 Å². The number of hydrogen-bond acceptors (Lipinski definition) is 6. The molecule has 26 heavy (non-hydrogen) atoms. The van der Waals surface area contributed by atoms with E-state index in [4.69, 9.17) is 9.84 Å². The summed E-state index contributed by atoms with van der Waals surface area (Å²) in [6.07, 6.45) is 0.374. The predicted octanol–water partition coefficient (Wildman–Crippen LogP) is 1.68. The number of aliphatic carboxylic acids is 1. The number of ether oxygens (including phenoxy) is 1. The van der Waals surface area contributed by atoms with Crippen LogP contribution in [0.3, 0.4) is 0 Å². The van der Waals surface area contributed by atoms with Gasteiger partial charge in [0.1, 0.15) is 11.0 Å². The Morgan fingerprint density at radius 1 is 1.35 bits per heavy atom. The van der Waals surface area contributed by atoms with Gasteiger partial charge in [-0.15, -0.1) is 0 Å². The van der Waals surface area contributed by atoms with Crippen LogP contribution in [0, 0.1) is 0 Å². The number of carbonyl (C=O) groups excluding carboxylic acids is 2. The molecule has 1 saturated heterocycles. The summed E-state index contributed by atoms with van der Waals surface area (Å²) in [6, 6.07) is 7.17. The van der Waals surface area contributed by atoms with Crippen molar-refractivity contribution in [3.63, 3.8) is 0 Å². The van der Waals surface area contributed by atoms with E-state index in [9.17, 15) is 14.4 Å². The van der Waals surface area contributed by atoms with Crippen LogP contribution in [0.4, 0.5) is 5.69 Å². The average Bonchev–Trinajstić information content (AvgIpc) is 2.93. The maximum atomic E-state index is 12.0. The summed E-state index contributed by atoms with van der Waals surface area (Å²) in [7, 11) is 0. The number of aliphatic imine (C=N–C) groups is 1. The Morgan fingerprint density at radius 3 is 2.73 bits per heavy atom. The lowest BCUT2D eigenvalue weighted by atomic mass is 10.2. The molecule has 2 amide bonds. The second kappa shape index (κ2) is 9.81. The first-order valence-corrected chi connectivity index (χ1v) is 9.13. The van der Waals surface area contributed by atoms with Crippen molar-refractivity contribution in [3.05, 3.63) is 24.3 Å². The second-order valence-electron chi connectivity index (χ2n) is 5.49. The monoisotopic (exact) mass is 379 g/mol. The van der Waals surface area contributed by atoms with Crippen LogP contribution in [0.1, 0.15) is 26.2 Å². The summed E-state index contributed by atoms with van der Waals surface area (Å²) in [5, 5.41) is 13.7. The lowest BCUT2D eigenvalue weighted by molar-refractivity contribution is -0.137. The van der Waals surface area contributed by atoms with Gasteiger partial charge in [-0.3, -0.25) is 14.4 Å². The SMILES string of the molecule is CCOc1ccc(N=C2NC(=O)C(CC(=O)NCCCC(=O)O)S2)cc1. The molecule has 0 saturated carbocycles. The highest BCUT2D eigenvalue weighted by Crippen LogP contribution is 2.26. The number of rotatable bonds is 9. The zero-order chi connectivity index (χ0) is 18.9. The molecule has 9 heteroatoms. The topological polar surface area (TPSA) is 117 Å². The Kier molecular flexibility index (Phi) is 7.46. The van der Waals surface area contributed by atoms with Crippen molar-refractivity contribution < 1.29 is 24.2 Å². The Hall–Kier alpha value is -2.55. The molecule has 0 bridgehead atoms. The number of nitrogens with zero attached hydrogens (tertiary/aromatic N) is 1. The van der Waals surface area contributed by atoms with E-state index in [2.05, 4.69) is 15.6 Å². The van der Waals surface area contributed by atoms with Gasteiger partial charge >= 0.3 is 5.97 Å². The van der Waals surface area contributed by atoms with Gasteiger partial charge in [0.15, 0.2) is 5.17 Å². The molecule has 1 atom stereocenters. The molecule has 0 spiro atoms. The fraction of sp³-hybridized carbons (Fsp3) is 0.412. The minimum atomic E-state index is -0.903. The molecular formula is C17H21N3O5S. The second-order valence-corrected chi connectivity index (χ2v) is 6.68. The third-order valence-corrected chi connectivity index (χ3v) is 4.50. The van der Waals surface area contributed by atoms with Crippen molar-refractivity contribution in [1.29, 1.82) is 0 Å². The van der Waals surface area contributed by atoms with Crippen LogP contribution in [-0.2, 0) is 14.4 Å². The number of benzene rings is 1. The normalized spacial score (nSPS) is 17.8. The number of nitrogens with one attached hydrogen (secondary N) is 2. The summed E-state index contributed by atoms with van der Waals surface area (Å²) >= 11 is 1.20. The smallest absolute Gasteiger partial charge is 0.303 e. The van der Waals surface area contributed by atoms with Crippen molar-refractivity contribution in [2.45, 2.75) is 31.4 Å². The largest absolute Gasteiger partial charge is 0.494 e. The highest BCUT2D eigenvalue weighted by molar-refractivity contribution is 8.15. The maximum Gasteiger partial charge on any atom is 0.303 e. The molecule has 3 N–H and O–H groups in total. The quantitative estimate of drug-likeness (QED) is 0.562. The highest BCUT2D eigenvalue weighted by atomic mass is 32.2. The molecule has 1 fully saturated rings. The number of amidine groups is 1. The van der Waals surface area contributed by atoms with E-state index >= 15 is 0 Å². The van der Waals surface area contributed by atoms with Crippen LogP contribution in [0.15, 0.2) is 29.3 Å². The molecule has 0 aliphatic carbocycles. The van der Waals surface area contributed by atoms with Gasteiger partial charge < -0.3 is 20.5 Å². The molecule has 140 valence electrons. The van der Waals surface area contributed by atoms with Crippen molar-refractivity contribution in [2.75, 3.05) is 13.2 Å². The maximum absolute atomic E-state index is 12.0. The minimum Gasteiger partial charge on any atom is -0.494 e. The first-order valence-electron chi connectivity index (χ1n) is 8.25. The molecule has 0 aromatic heterocycles. The summed E-state index contributed by atoms with van der Waals surface area (Å²) in [5.74, 6) is -0.706. The summed E-state index contributed by atoms with van der Waals surface area (Å²) in [4.78, 5) is 38.6. The van der Waals surface area contributed by atoms with Crippen molar-refractivity contribution in [3.8, 4) is 5.75 Å². The van der Waals surface area contributed by atoms with Crippen molar-refractivity contribution in [2.24, 2.45) is 4.99 Å². The molecule has 1 aromatic rings. The predicted molar refractivity (Wildman–Crippen MR) is 98.7 cm³/mol. The summed E-state index contributed by atoms with van der Waals surface area (Å²) < 4.78 is 5.36. The van der Waals surface area contributed by atoms with Gasteiger partial charge in [-0.25, -0.2) is 4.99 Å². The molecule has 0 radical (unpaired) electrons. The average molecular weight is 379 g/mol. The lowest BCUT2D eigenvalue weighted by Gasteiger charge is -2.06. The van der Waals surface area contributed by atoms with Gasteiger partial charge in [0, 0.05) is 19.4 Å². The van der Waals surface area contributed by atoms with Gasteiger partial charge in [-0.2, -0.15) is 0 Å². The first kappa shape index (κ1) is 19.8. The fourth-order valence-electron chi connectivity index (χ4n) is 2.20. The van der Waals surface area contributed by atoms with Crippen LogP contribution in [0.5, 0.6) is 5.75 Å². The van der Waals surface area contributed by atoms with Crippen LogP contribution in [0.25, 0.3) is 0 Å². The molecule has 1 aliphatic rings. The molecule has 8 nitrogen and oxygen atoms in total. The number of hydrogen-bond donors (Lipinski definition) is 3. The van der Waals surface area contributed by atoms with E-state index in [1.165, 1.54) is 11.8 Å². The lowest BCUT2D eigenvalue weighted by Crippen LogP contribution is -2.31. The van der Waals surface area contributed by atoms with E-state index in [1.807, 2.05) is 6.92 Å². The summed E-state index contributed by atoms with van der Waals surface area (Å²) in [6.45, 7) is 2.76. The summed E-state index contributed by atoms with van der Waals surface area (Å²) in [5.41, 5.74) is 0.676. The van der Waals surface area contributed by atoms with Gasteiger partial charge in [-0.05, 0) is 37.6 Å². The van der Waals surface area contributed by atoms with Crippen LogP contribution < -0.4 is 15.4 Å². The Bertz CT molecular complexity index is 690. The minimum absolute atomic E-state index is 0.00215. The third kappa shape index (κ3) is 6.40. The van der Waals surface area contributed by atoms with Gasteiger partial charge in [0.25, 0.3) is 0 Å². The number of thioether (sulfide) groups is 1. The van der Waals surface area contributed by atoms with Crippen LogP contribution >= 0.6 is 11.8 Å². The van der Waals surface area contributed by atoms with Gasteiger partial charge in [0.2, 0.25) is 11.8 Å². The third-order valence-electron chi connectivity index (χ3n) is 3.42. The van der Waals surface area contributed by atoms with Crippen molar-refractivity contribution >= 4 is 40.4 Å². The molecule has 1 unspecified atom stereocenters. The molecular weight excluding hydrogens is 358 g/mol. The number of amides is 2. The van der Waals surface area contributed by atoms with Crippen LogP contribution in [-0.4, -0.2) is 46.5 Å². The first-order chi connectivity index (χ1) is 12.5. The van der Waals surface area contributed by atoms with E-state index < -0.39 is 11.2 Å². The molecule has 1 aromatic carbocycles. The number of carboxylic acid groups (broad SMARTS) is 1. The van der Waals surface area contributed by atoms with E-state index in [-0.39, 0.29) is 31.2 Å². The molecule has 1 heterocycles. The number of carboxylic acids is 1. The van der Waals surface area contributed by atoms with Crippen LogP contribution in [0.2, 0.25) is 0 Å². The van der Waals surface area contributed by atoms with Gasteiger partial charge in [0.05, 0.1) is 12.3 Å². The standard InChI is InChI=1S/C17H21N3O5S/c1-2-25-12-7-5-11(6-8-12)19-17-20-16(24)13(26-17)10-14(21)18-9-3-4-15(22)23/h5-8,13H,2-4,9-10H2,1H3,(H,18,21)(H,22,23)(H,19,20,24). The van der Waals surface area contributed by atoms with E-state index in [1.54, 1.807) is 24.3 Å². The highest BCUT2D eigenvalue weighted by Gasteiger charge is 2.32. The fourth-order valence-corrected chi connectivity index (χ4v) is 3.19. The van der Waals surface area contributed by atoms with Gasteiger partial charge in [-0.1, -0.05) is 11.8 Å². The zero-order valence-electron chi connectivity index (χ0n) is 14.4. The van der Waals surface area contributed by atoms with E-state index in [0.29, 0.717) is 23.9 Å². The zero-order valence-corrected chi connectivity index (χ0v) is 15.2. The Morgan fingerprint density at radius 2 is 2.08 bits per heavy atom. The van der Waals surface area contributed by atoms with E-state index in [0.717, 1.165) is 5.75 Å². The van der Waals surface area contributed by atoms with Crippen molar-refractivity contribution in [1.82, 2.24) is 10.6 Å². The Balaban J connectivity index is 1.83. The molecule has 2 rings (SSSR count). The molecule has 1 aliphatic heterocycles. The number of carbonyl (C=O) groups is 3.